The summed E-state index contributed by atoms with van der Waals surface area (Å²) in [7, 11) is -4.00. The van der Waals surface area contributed by atoms with Crippen molar-refractivity contribution in [2.24, 2.45) is 0 Å². The molecule has 0 N–H and O–H groups in total. The van der Waals surface area contributed by atoms with Gasteiger partial charge in [-0.3, -0.25) is 4.79 Å². The van der Waals surface area contributed by atoms with Crippen molar-refractivity contribution in [1.82, 2.24) is 9.29 Å². The van der Waals surface area contributed by atoms with Crippen molar-refractivity contribution in [1.29, 1.82) is 0 Å². The molecule has 1 fully saturated rings. The largest absolute Gasteiger partial charge is 0.447 e. The van der Waals surface area contributed by atoms with Crippen LogP contribution in [0.4, 0.5) is 0 Å². The van der Waals surface area contributed by atoms with Crippen LogP contribution >= 0.6 is 57.4 Å². The first-order chi connectivity index (χ1) is 11.7. The summed E-state index contributed by atoms with van der Waals surface area (Å²) in [5.41, 5.74) is 0.131. The van der Waals surface area contributed by atoms with Gasteiger partial charge in [0, 0.05) is 33.7 Å². The minimum absolute atomic E-state index is 0.0568. The van der Waals surface area contributed by atoms with E-state index in [1.54, 1.807) is 22.6 Å². The lowest BCUT2D eigenvalue weighted by atomic mass is 10.4. The van der Waals surface area contributed by atoms with Gasteiger partial charge >= 0.3 is 0 Å². The highest BCUT2D eigenvalue weighted by Crippen LogP contribution is 2.39. The molecule has 0 radical (unpaired) electrons. The normalized spacial score (nSPS) is 14.9. The molecule has 0 atom stereocenters. The topological polar surface area (TPSA) is 80.5 Å². The summed E-state index contributed by atoms with van der Waals surface area (Å²) < 4.78 is 32.3. The number of benzene rings is 1. The molecule has 1 aliphatic carbocycles. The van der Waals surface area contributed by atoms with Gasteiger partial charge in [0.2, 0.25) is 19.7 Å². The monoisotopic (exact) mass is 534 g/mol. The van der Waals surface area contributed by atoms with Crippen molar-refractivity contribution >= 4 is 71.2 Å². The predicted octanol–water partition coefficient (Wildman–Crippen LogP) is 4.56. The highest BCUT2D eigenvalue weighted by Gasteiger charge is 2.41. The van der Waals surface area contributed by atoms with Gasteiger partial charge in [0.15, 0.2) is 5.69 Å². The summed E-state index contributed by atoms with van der Waals surface area (Å²) in [6.07, 6.45) is 2.62. The predicted molar refractivity (Wildman–Crippen MR) is 102 cm³/mol. The zero-order valence-corrected chi connectivity index (χ0v) is 17.6. The van der Waals surface area contributed by atoms with Crippen LogP contribution in [0.5, 0.6) is 0 Å². The number of hydrogen-bond acceptors (Lipinski definition) is 5. The SMILES string of the molecule is O=C(I)c1coc(CN(C2CC2)S(=O)(=O)c2c(Cl)cc(Cl)cc2Cl)n1. The standard InChI is InChI=1S/C14H10Cl3IN2O4S/c15-7-3-9(16)13(10(17)4-7)25(22,23)20(8-1-2-8)5-12-19-11(6-24-12)14(18)21/h3-4,6,8H,1-2,5H2. The minimum Gasteiger partial charge on any atom is -0.447 e. The van der Waals surface area contributed by atoms with E-state index in [1.807, 2.05) is 0 Å². The van der Waals surface area contributed by atoms with Crippen molar-refractivity contribution in [3.05, 3.63) is 45.0 Å². The molecule has 1 saturated carbocycles. The Hall–Kier alpha value is -0.390. The summed E-state index contributed by atoms with van der Waals surface area (Å²) in [5, 5.41) is 0.127. The molecular weight excluding hydrogens is 525 g/mol. The van der Waals surface area contributed by atoms with Crippen LogP contribution in [0, 0.1) is 0 Å². The number of rotatable bonds is 6. The van der Waals surface area contributed by atoms with Gasteiger partial charge < -0.3 is 4.42 Å². The van der Waals surface area contributed by atoms with Crippen LogP contribution in [0.2, 0.25) is 15.1 Å². The fourth-order valence-electron chi connectivity index (χ4n) is 2.27. The van der Waals surface area contributed by atoms with Crippen LogP contribution in [0.15, 0.2) is 27.7 Å². The van der Waals surface area contributed by atoms with Crippen LogP contribution in [0.3, 0.4) is 0 Å². The molecule has 0 amide bonds. The Bertz CT molecular complexity index is 920. The Morgan fingerprint density at radius 3 is 2.36 bits per heavy atom. The molecule has 1 aromatic heterocycles. The number of hydrogen-bond donors (Lipinski definition) is 0. The molecule has 6 nitrogen and oxygen atoms in total. The van der Waals surface area contributed by atoms with Crippen molar-refractivity contribution < 1.29 is 17.6 Å². The maximum atomic E-state index is 13.1. The van der Waals surface area contributed by atoms with E-state index in [9.17, 15) is 13.2 Å². The summed E-state index contributed by atoms with van der Waals surface area (Å²) >= 11 is 19.6. The van der Waals surface area contributed by atoms with Crippen LogP contribution < -0.4 is 0 Å². The quantitative estimate of drug-likeness (QED) is 0.400. The second-order valence-electron chi connectivity index (χ2n) is 5.38. The Labute approximate surface area is 172 Å². The molecule has 1 aliphatic rings. The number of carbonyl (C=O) groups excluding carboxylic acids is 1. The molecule has 0 aliphatic heterocycles. The number of nitrogens with zero attached hydrogens (tertiary/aromatic N) is 2. The van der Waals surface area contributed by atoms with E-state index in [-0.39, 0.29) is 47.9 Å². The number of oxazole rings is 1. The third kappa shape index (κ3) is 4.14. The minimum atomic E-state index is -4.00. The smallest absolute Gasteiger partial charge is 0.246 e. The van der Waals surface area contributed by atoms with E-state index < -0.39 is 10.0 Å². The third-order valence-electron chi connectivity index (χ3n) is 3.53. The zero-order chi connectivity index (χ0) is 18.4. The molecule has 11 heteroatoms. The van der Waals surface area contributed by atoms with Gasteiger partial charge in [0.25, 0.3) is 0 Å². The Morgan fingerprint density at radius 2 is 1.88 bits per heavy atom. The molecule has 1 aromatic carbocycles. The molecule has 0 saturated heterocycles. The average molecular weight is 536 g/mol. The number of halogens is 4. The van der Waals surface area contributed by atoms with Gasteiger partial charge in [-0.15, -0.1) is 0 Å². The summed E-state index contributed by atoms with van der Waals surface area (Å²) in [4.78, 5) is 15.1. The lowest BCUT2D eigenvalue weighted by molar-refractivity contribution is 0.110. The van der Waals surface area contributed by atoms with Gasteiger partial charge in [-0.1, -0.05) is 34.8 Å². The molecule has 2 aromatic rings. The van der Waals surface area contributed by atoms with E-state index in [2.05, 4.69) is 4.98 Å². The molecule has 25 heavy (non-hydrogen) atoms. The molecular formula is C14H10Cl3IN2O4S. The van der Waals surface area contributed by atoms with E-state index in [4.69, 9.17) is 39.2 Å². The number of sulfonamides is 1. The van der Waals surface area contributed by atoms with E-state index in [1.165, 1.54) is 22.7 Å². The maximum Gasteiger partial charge on any atom is 0.246 e. The Morgan fingerprint density at radius 1 is 1.28 bits per heavy atom. The number of aromatic nitrogens is 1. The number of carbonyl (C=O) groups is 1. The first-order valence-corrected chi connectivity index (χ1v) is 10.7. The Balaban J connectivity index is 1.98. The van der Waals surface area contributed by atoms with Crippen molar-refractivity contribution in [3.8, 4) is 0 Å². The Kier molecular flexibility index (Phi) is 5.67. The van der Waals surface area contributed by atoms with Crippen molar-refractivity contribution in [3.63, 3.8) is 0 Å². The van der Waals surface area contributed by atoms with Crippen LogP contribution in [-0.4, -0.2) is 27.5 Å². The lowest BCUT2D eigenvalue weighted by Gasteiger charge is -2.21. The maximum absolute atomic E-state index is 13.1. The van der Waals surface area contributed by atoms with Gasteiger partial charge in [0.1, 0.15) is 11.2 Å². The fourth-order valence-corrected chi connectivity index (χ4v) is 5.65. The summed E-state index contributed by atoms with van der Waals surface area (Å²) in [5.74, 6) is 0.122. The van der Waals surface area contributed by atoms with Gasteiger partial charge in [-0.05, 0) is 25.0 Å². The molecule has 134 valence electrons. The summed E-state index contributed by atoms with van der Waals surface area (Å²) in [6.45, 7) is -0.119. The van der Waals surface area contributed by atoms with Gasteiger partial charge in [0.05, 0.1) is 16.6 Å². The first-order valence-electron chi connectivity index (χ1n) is 7.00. The fraction of sp³-hybridized carbons (Fsp3) is 0.286. The second kappa shape index (κ2) is 7.32. The molecule has 1 heterocycles. The zero-order valence-electron chi connectivity index (χ0n) is 12.4. The van der Waals surface area contributed by atoms with E-state index in [0.717, 1.165) is 0 Å². The van der Waals surface area contributed by atoms with Crippen molar-refractivity contribution in [2.45, 2.75) is 30.3 Å². The second-order valence-corrected chi connectivity index (χ2v) is 9.44. The first kappa shape index (κ1) is 19.4. The highest BCUT2D eigenvalue weighted by atomic mass is 127. The van der Waals surface area contributed by atoms with E-state index >= 15 is 0 Å². The van der Waals surface area contributed by atoms with Gasteiger partial charge in [-0.2, -0.15) is 4.31 Å². The lowest BCUT2D eigenvalue weighted by Crippen LogP contribution is -2.33. The van der Waals surface area contributed by atoms with Gasteiger partial charge in [-0.25, -0.2) is 13.4 Å². The highest BCUT2D eigenvalue weighted by molar-refractivity contribution is 14.1. The summed E-state index contributed by atoms with van der Waals surface area (Å²) in [6, 6.07) is 2.45. The van der Waals surface area contributed by atoms with Crippen LogP contribution in [-0.2, 0) is 16.6 Å². The molecule has 0 unspecified atom stereocenters. The molecule has 3 rings (SSSR count). The average Bonchev–Trinajstić information content (AvgIpc) is 3.20. The van der Waals surface area contributed by atoms with Crippen LogP contribution in [0.1, 0.15) is 29.2 Å². The third-order valence-corrected chi connectivity index (χ3v) is 7.12. The molecule has 0 bridgehead atoms. The van der Waals surface area contributed by atoms with E-state index in [0.29, 0.717) is 12.8 Å². The van der Waals surface area contributed by atoms with Crippen LogP contribution in [0.25, 0.3) is 0 Å². The van der Waals surface area contributed by atoms with Crippen molar-refractivity contribution in [2.75, 3.05) is 0 Å². The molecule has 0 spiro atoms.